The van der Waals surface area contributed by atoms with Crippen molar-refractivity contribution in [3.05, 3.63) is 112 Å². The predicted octanol–water partition coefficient (Wildman–Crippen LogP) is 5.40. The van der Waals surface area contributed by atoms with Crippen LogP contribution < -0.4 is 39.2 Å². The molecule has 9 heteroatoms. The van der Waals surface area contributed by atoms with Gasteiger partial charge in [0, 0.05) is 51.1 Å². The number of aryl methyl sites for hydroxylation is 1. The molecule has 232 valence electrons. The fraction of sp³-hybridized carbons (Fsp3) is 0.333. The first-order valence-corrected chi connectivity index (χ1v) is 16.8. The van der Waals surface area contributed by atoms with Gasteiger partial charge in [0.25, 0.3) is 0 Å². The minimum absolute atomic E-state index is 0. The Labute approximate surface area is 295 Å². The summed E-state index contributed by atoms with van der Waals surface area (Å²) in [5, 5.41) is 1.67. The van der Waals surface area contributed by atoms with E-state index < -0.39 is 15.5 Å². The van der Waals surface area contributed by atoms with Crippen LogP contribution in [0.1, 0.15) is 63.6 Å². The van der Waals surface area contributed by atoms with Crippen LogP contribution >= 0.6 is 11.6 Å². The number of ether oxygens (including phenoxy) is 1. The van der Waals surface area contributed by atoms with Crippen molar-refractivity contribution < 1.29 is 52.2 Å². The summed E-state index contributed by atoms with van der Waals surface area (Å²) in [4.78, 5) is 1.98. The molecule has 2 aromatic rings. The van der Waals surface area contributed by atoms with Crippen LogP contribution in [0.2, 0.25) is 0 Å². The van der Waals surface area contributed by atoms with Crippen LogP contribution in [0.4, 0.5) is 11.4 Å². The molecule has 0 saturated heterocycles. The van der Waals surface area contributed by atoms with Crippen molar-refractivity contribution in [1.82, 2.24) is 0 Å². The van der Waals surface area contributed by atoms with Crippen molar-refractivity contribution in [2.45, 2.75) is 64.7 Å². The Morgan fingerprint density at radius 2 is 1.73 bits per heavy atom. The molecule has 0 radical (unpaired) electrons. The van der Waals surface area contributed by atoms with Crippen molar-refractivity contribution in [3.63, 3.8) is 0 Å². The van der Waals surface area contributed by atoms with Crippen LogP contribution in [0.5, 0.6) is 5.75 Å². The van der Waals surface area contributed by atoms with E-state index in [-0.39, 0.29) is 35.0 Å². The molecule has 3 aliphatic rings. The Balaban J connectivity index is 0.00000461. The molecule has 2 heterocycles. The van der Waals surface area contributed by atoms with Crippen LogP contribution in [0.25, 0.3) is 0 Å². The summed E-state index contributed by atoms with van der Waals surface area (Å²) in [7, 11) is -0.234. The number of halogens is 1. The third-order valence-electron chi connectivity index (χ3n) is 9.06. The molecule has 0 spiro atoms. The van der Waals surface area contributed by atoms with E-state index >= 15 is 0 Å². The average molecular weight is 657 g/mol. The molecular formula is C36H42ClN2NaO4S+2. The van der Waals surface area contributed by atoms with Gasteiger partial charge >= 0.3 is 29.6 Å². The number of benzene rings is 2. The summed E-state index contributed by atoms with van der Waals surface area (Å²) < 4.78 is 38.0. The topological polar surface area (TPSA) is 73.0 Å². The Bertz CT molecular complexity index is 1830. The van der Waals surface area contributed by atoms with Gasteiger partial charge in [0.15, 0.2) is 15.8 Å². The molecule has 0 bridgehead atoms. The van der Waals surface area contributed by atoms with E-state index in [4.69, 9.17) is 16.3 Å². The fourth-order valence-electron chi connectivity index (χ4n) is 6.61. The molecule has 5 rings (SSSR count). The molecule has 0 aromatic heterocycles. The molecular weight excluding hydrogens is 615 g/mol. The quantitative estimate of drug-likeness (QED) is 0.189. The SMILES string of the molecule is COc1ccc2c(c1)C(C)(C)C(=CC=C1CCCC(C=CC3=[N+](C)c4ccc(C)cc4C3(C)C)=C1Cl)N2/C=C/C=S(=O)(O)O.[Na+]. The molecule has 0 saturated carbocycles. The molecule has 2 aromatic carbocycles. The van der Waals surface area contributed by atoms with E-state index in [1.54, 1.807) is 13.3 Å². The molecule has 2 N–H and O–H groups in total. The number of methoxy groups -OCH3 is 1. The molecule has 2 aliphatic heterocycles. The van der Waals surface area contributed by atoms with Crippen molar-refractivity contribution in [2.24, 2.45) is 0 Å². The molecule has 1 aliphatic carbocycles. The molecule has 45 heavy (non-hydrogen) atoms. The van der Waals surface area contributed by atoms with Gasteiger partial charge < -0.3 is 9.64 Å². The van der Waals surface area contributed by atoms with Crippen molar-refractivity contribution in [3.8, 4) is 5.75 Å². The van der Waals surface area contributed by atoms with Gasteiger partial charge in [-0.15, -0.1) is 0 Å². The van der Waals surface area contributed by atoms with Gasteiger partial charge in [-0.25, -0.2) is 4.21 Å². The third kappa shape index (κ3) is 7.01. The van der Waals surface area contributed by atoms with E-state index in [2.05, 4.69) is 88.7 Å². The number of hydrogen-bond acceptors (Lipinski definition) is 3. The summed E-state index contributed by atoms with van der Waals surface area (Å²) in [6, 6.07) is 12.5. The van der Waals surface area contributed by atoms with E-state index in [9.17, 15) is 13.3 Å². The van der Waals surface area contributed by atoms with Crippen molar-refractivity contribution in [1.29, 1.82) is 0 Å². The van der Waals surface area contributed by atoms with Gasteiger partial charge in [0.05, 0.1) is 12.5 Å². The summed E-state index contributed by atoms with van der Waals surface area (Å²) in [6.07, 6.45) is 14.5. The first kappa shape index (κ1) is 35.5. The van der Waals surface area contributed by atoms with E-state index in [1.165, 1.54) is 28.6 Å². The largest absolute Gasteiger partial charge is 1.00 e. The minimum Gasteiger partial charge on any atom is -0.497 e. The second-order valence-corrected chi connectivity index (χ2v) is 14.5. The third-order valence-corrected chi connectivity index (χ3v) is 10.1. The standard InChI is InChI=1S/C36H41ClN2O4S.Na/c1-24-12-16-30-28(22-24)35(2,3)32(38(30)6)18-13-25-10-8-11-26(34(25)37)14-19-33-36(4,5)29-23-27(43-7)15-17-31(29)39(33)20-9-21-44(40,41)42;/h9,12-23H,8,10-11H2,1-7H3,(H-,40,41,42);/q;+1/p+1/b20-9+;. The molecule has 0 unspecified atom stereocenters. The molecule has 0 atom stereocenters. The van der Waals surface area contributed by atoms with Crippen molar-refractivity contribution >= 4 is 44.1 Å². The molecule has 0 amide bonds. The van der Waals surface area contributed by atoms with Crippen molar-refractivity contribution in [2.75, 3.05) is 19.1 Å². The van der Waals surface area contributed by atoms with Crippen LogP contribution in [-0.2, 0) is 20.9 Å². The zero-order chi connectivity index (χ0) is 32.0. The minimum atomic E-state index is -4.01. The Kier molecular flexibility index (Phi) is 10.6. The molecule has 0 fully saturated rings. The maximum atomic E-state index is 11.5. The number of fused-ring (bicyclic) bond motifs is 2. The Morgan fingerprint density at radius 1 is 1.00 bits per heavy atom. The van der Waals surface area contributed by atoms with Gasteiger partial charge in [0.2, 0.25) is 5.69 Å². The fourth-order valence-corrected chi connectivity index (χ4v) is 7.20. The summed E-state index contributed by atoms with van der Waals surface area (Å²) in [6.45, 7) is 11.0. The zero-order valence-electron chi connectivity index (χ0n) is 27.5. The predicted molar refractivity (Wildman–Crippen MR) is 184 cm³/mol. The smallest absolute Gasteiger partial charge is 0.497 e. The van der Waals surface area contributed by atoms with E-state index in [0.29, 0.717) is 0 Å². The second kappa shape index (κ2) is 13.4. The maximum absolute atomic E-state index is 11.5. The van der Waals surface area contributed by atoms with E-state index in [1.807, 2.05) is 23.1 Å². The maximum Gasteiger partial charge on any atom is 1.00 e. The monoisotopic (exact) mass is 656 g/mol. The number of allylic oxidation sites excluding steroid dienone is 9. The van der Waals surface area contributed by atoms with Crippen LogP contribution in [0.15, 0.2) is 94.9 Å². The second-order valence-electron chi connectivity index (χ2n) is 12.8. The normalized spacial score (nSPS) is 20.8. The van der Waals surface area contributed by atoms with Gasteiger partial charge in [-0.3, -0.25) is 9.11 Å². The zero-order valence-corrected chi connectivity index (χ0v) is 31.1. The van der Waals surface area contributed by atoms with Gasteiger partial charge in [-0.2, -0.15) is 4.58 Å². The summed E-state index contributed by atoms with van der Waals surface area (Å²) in [5.74, 6) is 0.752. The Morgan fingerprint density at radius 3 is 2.42 bits per heavy atom. The van der Waals surface area contributed by atoms with Crippen LogP contribution in [0, 0.1) is 6.92 Å². The molecule has 6 nitrogen and oxygen atoms in total. The number of rotatable bonds is 6. The van der Waals surface area contributed by atoms with Gasteiger partial charge in [-0.05, 0) is 93.2 Å². The first-order chi connectivity index (χ1) is 20.6. The number of anilines is 1. The van der Waals surface area contributed by atoms with Gasteiger partial charge in [0.1, 0.15) is 12.8 Å². The summed E-state index contributed by atoms with van der Waals surface area (Å²) >= 11 is 7.08. The number of nitrogens with zero attached hydrogens (tertiary/aromatic N) is 2. The van der Waals surface area contributed by atoms with Crippen LogP contribution in [-0.4, -0.2) is 43.1 Å². The van der Waals surface area contributed by atoms with Crippen LogP contribution in [0.3, 0.4) is 0 Å². The Hall–Kier alpha value is -2.36. The average Bonchev–Trinajstić information content (AvgIpc) is 3.28. The number of hydrogen-bond donors (Lipinski definition) is 2. The summed E-state index contributed by atoms with van der Waals surface area (Å²) in [5.41, 5.74) is 9.71. The van der Waals surface area contributed by atoms with Gasteiger partial charge in [-0.1, -0.05) is 49.2 Å². The van der Waals surface area contributed by atoms with E-state index in [0.717, 1.165) is 63.5 Å². The first-order valence-electron chi connectivity index (χ1n) is 14.8.